The highest BCUT2D eigenvalue weighted by atomic mass is 16.3. The molecule has 3 atom stereocenters. The van der Waals surface area contributed by atoms with Crippen LogP contribution in [0.1, 0.15) is 46.0 Å². The molecule has 0 bridgehead atoms. The number of aliphatic hydroxyl groups excluding tert-OH is 2. The number of hydrogen-bond acceptors (Lipinski definition) is 2. The molecule has 0 aromatic heterocycles. The third-order valence-electron chi connectivity index (χ3n) is 3.01. The number of rotatable bonds is 4. The molecule has 14 heavy (non-hydrogen) atoms. The first-order valence-corrected chi connectivity index (χ1v) is 5.71. The fourth-order valence-corrected chi connectivity index (χ4v) is 2.10. The maximum absolute atomic E-state index is 9.88. The lowest BCUT2D eigenvalue weighted by atomic mass is 9.84. The summed E-state index contributed by atoms with van der Waals surface area (Å²) in [6.07, 6.45) is 6.34. The fraction of sp³-hybridized carbons (Fsp3) is 0.833. The molecule has 3 unspecified atom stereocenters. The predicted molar refractivity (Wildman–Crippen MR) is 58.0 cm³/mol. The van der Waals surface area contributed by atoms with E-state index in [0.717, 1.165) is 18.4 Å². The molecule has 82 valence electrons. The Labute approximate surface area is 86.6 Å². The van der Waals surface area contributed by atoms with Gasteiger partial charge in [0.1, 0.15) is 0 Å². The number of hydrogen-bond donors (Lipinski definition) is 2. The monoisotopic (exact) mass is 198 g/mol. The van der Waals surface area contributed by atoms with E-state index in [1.54, 1.807) is 0 Å². The topological polar surface area (TPSA) is 40.5 Å². The second kappa shape index (κ2) is 5.52. The molecule has 1 rings (SSSR count). The molecule has 1 aliphatic carbocycles. The molecular formula is C12H22O2. The molecule has 0 amide bonds. The van der Waals surface area contributed by atoms with Crippen LogP contribution in [0, 0.1) is 5.92 Å². The second-order valence-electron chi connectivity index (χ2n) is 4.42. The van der Waals surface area contributed by atoms with Crippen molar-refractivity contribution in [2.45, 2.75) is 58.2 Å². The zero-order chi connectivity index (χ0) is 10.6. The van der Waals surface area contributed by atoms with Gasteiger partial charge in [-0.05, 0) is 30.8 Å². The Kier molecular flexibility index (Phi) is 4.63. The first-order chi connectivity index (χ1) is 6.65. The number of aliphatic hydroxyl groups is 2. The summed E-state index contributed by atoms with van der Waals surface area (Å²) in [5.41, 5.74) is 1.05. The lowest BCUT2D eigenvalue weighted by molar-refractivity contribution is 0.0873. The summed E-state index contributed by atoms with van der Waals surface area (Å²) in [6.45, 7) is 4.17. The highest BCUT2D eigenvalue weighted by Gasteiger charge is 2.25. The summed E-state index contributed by atoms with van der Waals surface area (Å²) in [4.78, 5) is 0. The first-order valence-electron chi connectivity index (χ1n) is 5.71. The van der Waals surface area contributed by atoms with Gasteiger partial charge in [0.25, 0.3) is 0 Å². The van der Waals surface area contributed by atoms with E-state index in [2.05, 4.69) is 6.92 Å². The number of unbranched alkanes of at least 4 members (excludes halogenated alkanes) is 2. The van der Waals surface area contributed by atoms with Crippen molar-refractivity contribution in [2.24, 2.45) is 5.92 Å². The van der Waals surface area contributed by atoms with Crippen molar-refractivity contribution in [3.63, 3.8) is 0 Å². The van der Waals surface area contributed by atoms with Crippen LogP contribution < -0.4 is 0 Å². The van der Waals surface area contributed by atoms with Gasteiger partial charge in [-0.15, -0.1) is 0 Å². The lowest BCUT2D eigenvalue weighted by Gasteiger charge is -2.28. The van der Waals surface area contributed by atoms with Crippen LogP contribution in [0.4, 0.5) is 0 Å². The second-order valence-corrected chi connectivity index (χ2v) is 4.42. The SMILES string of the molecule is CCCCCC1=CC(O)CC(C)C1O. The Morgan fingerprint density at radius 1 is 1.36 bits per heavy atom. The fourth-order valence-electron chi connectivity index (χ4n) is 2.10. The summed E-state index contributed by atoms with van der Waals surface area (Å²) in [6, 6.07) is 0. The highest BCUT2D eigenvalue weighted by Crippen LogP contribution is 2.27. The molecule has 1 aliphatic rings. The van der Waals surface area contributed by atoms with Crippen LogP contribution in [-0.4, -0.2) is 22.4 Å². The average molecular weight is 198 g/mol. The van der Waals surface area contributed by atoms with Crippen molar-refractivity contribution in [1.29, 1.82) is 0 Å². The van der Waals surface area contributed by atoms with Gasteiger partial charge in [-0.2, -0.15) is 0 Å². The van der Waals surface area contributed by atoms with Crippen molar-refractivity contribution < 1.29 is 10.2 Å². The van der Waals surface area contributed by atoms with Crippen LogP contribution in [0.5, 0.6) is 0 Å². The van der Waals surface area contributed by atoms with Gasteiger partial charge in [0.2, 0.25) is 0 Å². The zero-order valence-electron chi connectivity index (χ0n) is 9.24. The van der Waals surface area contributed by atoms with Crippen LogP contribution in [0.25, 0.3) is 0 Å². The van der Waals surface area contributed by atoms with E-state index in [4.69, 9.17) is 0 Å². The molecule has 2 N–H and O–H groups in total. The van der Waals surface area contributed by atoms with Gasteiger partial charge < -0.3 is 10.2 Å². The van der Waals surface area contributed by atoms with Crippen LogP contribution in [-0.2, 0) is 0 Å². The van der Waals surface area contributed by atoms with Gasteiger partial charge in [0.05, 0.1) is 12.2 Å². The molecule has 0 aliphatic heterocycles. The molecule has 0 spiro atoms. The van der Waals surface area contributed by atoms with Crippen LogP contribution in [0.3, 0.4) is 0 Å². The van der Waals surface area contributed by atoms with Gasteiger partial charge in [0, 0.05) is 0 Å². The minimum absolute atomic E-state index is 0.201. The molecule has 2 heteroatoms. The molecule has 0 radical (unpaired) electrons. The minimum Gasteiger partial charge on any atom is -0.389 e. The highest BCUT2D eigenvalue weighted by molar-refractivity contribution is 5.15. The van der Waals surface area contributed by atoms with Crippen molar-refractivity contribution in [2.75, 3.05) is 0 Å². The third-order valence-corrected chi connectivity index (χ3v) is 3.01. The summed E-state index contributed by atoms with van der Waals surface area (Å²) < 4.78 is 0. The van der Waals surface area contributed by atoms with Crippen molar-refractivity contribution in [3.8, 4) is 0 Å². The Hall–Kier alpha value is -0.340. The molecule has 0 saturated heterocycles. The zero-order valence-corrected chi connectivity index (χ0v) is 9.24. The van der Waals surface area contributed by atoms with Gasteiger partial charge in [-0.3, -0.25) is 0 Å². The summed E-state index contributed by atoms with van der Waals surface area (Å²) in [5.74, 6) is 0.201. The summed E-state index contributed by atoms with van der Waals surface area (Å²) in [7, 11) is 0. The molecule has 0 saturated carbocycles. The predicted octanol–water partition coefficient (Wildman–Crippen LogP) is 2.25. The Bertz CT molecular complexity index is 198. The normalized spacial score (nSPS) is 32.9. The first kappa shape index (κ1) is 11.7. The van der Waals surface area contributed by atoms with Crippen LogP contribution in [0.15, 0.2) is 11.6 Å². The van der Waals surface area contributed by atoms with Crippen molar-refractivity contribution >= 4 is 0 Å². The minimum atomic E-state index is -0.343. The molecule has 2 nitrogen and oxygen atoms in total. The van der Waals surface area contributed by atoms with Gasteiger partial charge in [-0.1, -0.05) is 32.8 Å². The van der Waals surface area contributed by atoms with Crippen molar-refractivity contribution in [3.05, 3.63) is 11.6 Å². The Morgan fingerprint density at radius 3 is 2.71 bits per heavy atom. The van der Waals surface area contributed by atoms with E-state index in [-0.39, 0.29) is 18.1 Å². The third kappa shape index (κ3) is 3.10. The maximum Gasteiger partial charge on any atom is 0.0777 e. The molecule has 0 aromatic rings. The van der Waals surface area contributed by atoms with Crippen LogP contribution >= 0.6 is 0 Å². The summed E-state index contributed by atoms with van der Waals surface area (Å²) in [5, 5.41) is 19.4. The smallest absolute Gasteiger partial charge is 0.0777 e. The van der Waals surface area contributed by atoms with E-state index in [1.807, 2.05) is 13.0 Å². The quantitative estimate of drug-likeness (QED) is 0.537. The van der Waals surface area contributed by atoms with Gasteiger partial charge in [-0.25, -0.2) is 0 Å². The van der Waals surface area contributed by atoms with E-state index < -0.39 is 0 Å². The standard InChI is InChI=1S/C12H22O2/c1-3-4-5-6-10-8-11(13)7-9(2)12(10)14/h8-9,11-14H,3-7H2,1-2H3. The molecular weight excluding hydrogens is 176 g/mol. The van der Waals surface area contributed by atoms with E-state index in [1.165, 1.54) is 12.8 Å². The largest absolute Gasteiger partial charge is 0.389 e. The van der Waals surface area contributed by atoms with E-state index in [9.17, 15) is 10.2 Å². The summed E-state index contributed by atoms with van der Waals surface area (Å²) >= 11 is 0. The Balaban J connectivity index is 2.47. The average Bonchev–Trinajstić information content (AvgIpc) is 2.13. The molecule has 0 fully saturated rings. The maximum atomic E-state index is 9.88. The van der Waals surface area contributed by atoms with E-state index >= 15 is 0 Å². The van der Waals surface area contributed by atoms with Crippen LogP contribution in [0.2, 0.25) is 0 Å². The van der Waals surface area contributed by atoms with Crippen molar-refractivity contribution in [1.82, 2.24) is 0 Å². The lowest BCUT2D eigenvalue weighted by Crippen LogP contribution is -2.29. The molecule has 0 heterocycles. The van der Waals surface area contributed by atoms with E-state index in [0.29, 0.717) is 6.42 Å². The Morgan fingerprint density at radius 2 is 2.07 bits per heavy atom. The van der Waals surface area contributed by atoms with Gasteiger partial charge >= 0.3 is 0 Å². The van der Waals surface area contributed by atoms with Gasteiger partial charge in [0.15, 0.2) is 0 Å². The molecule has 0 aromatic carbocycles.